The Morgan fingerprint density at radius 1 is 1.00 bits per heavy atom. The first-order valence-corrected chi connectivity index (χ1v) is 5.85. The minimum Gasteiger partial charge on any atom is -0.507 e. The van der Waals surface area contributed by atoms with Gasteiger partial charge in [-0.2, -0.15) is 0 Å². The fraction of sp³-hybridized carbons (Fsp3) is 0.429. The van der Waals surface area contributed by atoms with Crippen molar-refractivity contribution in [3.8, 4) is 5.75 Å². The van der Waals surface area contributed by atoms with E-state index in [9.17, 15) is 9.90 Å². The molecule has 0 aliphatic rings. The minimum atomic E-state index is -0.650. The molecular formula is C14H19NO4. The lowest BCUT2D eigenvalue weighted by Crippen LogP contribution is -2.20. The molecule has 0 heterocycles. The van der Waals surface area contributed by atoms with Crippen LogP contribution in [-0.4, -0.2) is 31.0 Å². The first-order valence-electron chi connectivity index (χ1n) is 5.85. The Labute approximate surface area is 112 Å². The van der Waals surface area contributed by atoms with Crippen molar-refractivity contribution in [2.24, 2.45) is 5.16 Å². The summed E-state index contributed by atoms with van der Waals surface area (Å²) in [4.78, 5) is 16.4. The summed E-state index contributed by atoms with van der Waals surface area (Å²) in [5.74, 6) is -0.621. The highest BCUT2D eigenvalue weighted by molar-refractivity contribution is 6.44. The smallest absolute Gasteiger partial charge is 0.360 e. The molecule has 0 amide bonds. The van der Waals surface area contributed by atoms with Gasteiger partial charge in [0.1, 0.15) is 12.9 Å². The molecule has 0 aliphatic carbocycles. The van der Waals surface area contributed by atoms with Crippen molar-refractivity contribution in [2.45, 2.75) is 27.7 Å². The van der Waals surface area contributed by atoms with Gasteiger partial charge >= 0.3 is 5.97 Å². The third-order valence-electron chi connectivity index (χ3n) is 3.45. The second kappa shape index (κ2) is 5.73. The van der Waals surface area contributed by atoms with Crippen LogP contribution in [0.1, 0.15) is 27.8 Å². The molecule has 0 aromatic heterocycles. The second-order valence-corrected chi connectivity index (χ2v) is 4.34. The highest BCUT2D eigenvalue weighted by Crippen LogP contribution is 2.32. The maximum absolute atomic E-state index is 11.8. The predicted molar refractivity (Wildman–Crippen MR) is 72.6 cm³/mol. The van der Waals surface area contributed by atoms with Gasteiger partial charge in [-0.15, -0.1) is 0 Å². The lowest BCUT2D eigenvalue weighted by molar-refractivity contribution is -0.132. The minimum absolute atomic E-state index is 0.0294. The first-order chi connectivity index (χ1) is 8.86. The van der Waals surface area contributed by atoms with Gasteiger partial charge in [0.05, 0.1) is 12.7 Å². The summed E-state index contributed by atoms with van der Waals surface area (Å²) in [6.07, 6.45) is 0. The predicted octanol–water partition coefficient (Wildman–Crippen LogP) is 2.15. The number of ether oxygens (including phenoxy) is 1. The third-order valence-corrected chi connectivity index (χ3v) is 3.45. The molecule has 0 bridgehead atoms. The van der Waals surface area contributed by atoms with Crippen molar-refractivity contribution in [2.75, 3.05) is 14.2 Å². The molecule has 0 saturated carbocycles. The fourth-order valence-electron chi connectivity index (χ4n) is 1.96. The number of benzene rings is 1. The number of phenolic OH excluding ortho intramolecular Hbond substituents is 1. The van der Waals surface area contributed by atoms with Gasteiger partial charge in [-0.3, -0.25) is 0 Å². The Morgan fingerprint density at radius 2 is 1.53 bits per heavy atom. The Balaban J connectivity index is 3.66. The van der Waals surface area contributed by atoms with Gasteiger partial charge in [0.15, 0.2) is 5.71 Å². The molecule has 0 atom stereocenters. The van der Waals surface area contributed by atoms with Crippen LogP contribution in [-0.2, 0) is 14.4 Å². The zero-order chi connectivity index (χ0) is 14.7. The zero-order valence-electron chi connectivity index (χ0n) is 12.1. The fourth-order valence-corrected chi connectivity index (χ4v) is 1.96. The number of nitrogens with zero attached hydrogens (tertiary/aromatic N) is 1. The van der Waals surface area contributed by atoms with E-state index in [0.29, 0.717) is 11.1 Å². The van der Waals surface area contributed by atoms with E-state index in [4.69, 9.17) is 0 Å². The number of carbonyl (C=O) groups is 1. The zero-order valence-corrected chi connectivity index (χ0v) is 12.1. The standard InChI is InChI=1S/C14H19NO4/c1-7-8(2)10(4)13(16)11(9(7)3)12(15-19-6)14(17)18-5/h16H,1-6H3/b15-12-. The van der Waals surface area contributed by atoms with Crippen LogP contribution in [0, 0.1) is 27.7 Å². The van der Waals surface area contributed by atoms with Gasteiger partial charge < -0.3 is 14.7 Å². The molecule has 1 aromatic rings. The average molecular weight is 265 g/mol. The van der Waals surface area contributed by atoms with E-state index >= 15 is 0 Å². The molecule has 1 rings (SSSR count). The van der Waals surface area contributed by atoms with Crippen LogP contribution in [0.15, 0.2) is 5.16 Å². The summed E-state index contributed by atoms with van der Waals surface area (Å²) in [6.45, 7) is 7.47. The first kappa shape index (κ1) is 15.0. The van der Waals surface area contributed by atoms with E-state index < -0.39 is 5.97 Å². The maximum atomic E-state index is 11.8. The van der Waals surface area contributed by atoms with Crippen LogP contribution in [0.4, 0.5) is 0 Å². The van der Waals surface area contributed by atoms with Crippen molar-refractivity contribution in [3.63, 3.8) is 0 Å². The summed E-state index contributed by atoms with van der Waals surface area (Å²) in [7, 11) is 2.59. The van der Waals surface area contributed by atoms with E-state index in [2.05, 4.69) is 14.7 Å². The van der Waals surface area contributed by atoms with Crippen LogP contribution < -0.4 is 0 Å². The van der Waals surface area contributed by atoms with Crippen molar-refractivity contribution in [3.05, 3.63) is 27.8 Å². The summed E-state index contributed by atoms with van der Waals surface area (Å²) < 4.78 is 4.68. The number of methoxy groups -OCH3 is 1. The number of hydrogen-bond donors (Lipinski definition) is 1. The Bertz CT molecular complexity index is 518. The molecule has 0 fully saturated rings. The highest BCUT2D eigenvalue weighted by Gasteiger charge is 2.25. The molecule has 0 aliphatic heterocycles. The number of carbonyl (C=O) groups excluding carboxylic acids is 1. The lowest BCUT2D eigenvalue weighted by atomic mass is 9.91. The summed E-state index contributed by atoms with van der Waals surface area (Å²) in [6, 6.07) is 0. The van der Waals surface area contributed by atoms with Crippen molar-refractivity contribution in [1.82, 2.24) is 0 Å². The lowest BCUT2D eigenvalue weighted by Gasteiger charge is -2.17. The van der Waals surface area contributed by atoms with Crippen LogP contribution >= 0.6 is 0 Å². The molecule has 5 heteroatoms. The van der Waals surface area contributed by atoms with Crippen molar-refractivity contribution in [1.29, 1.82) is 0 Å². The number of rotatable bonds is 3. The quantitative estimate of drug-likeness (QED) is 0.516. The molecule has 1 N–H and O–H groups in total. The van der Waals surface area contributed by atoms with E-state index in [0.717, 1.165) is 16.7 Å². The number of oxime groups is 1. The van der Waals surface area contributed by atoms with Crippen LogP contribution in [0.5, 0.6) is 5.75 Å². The number of phenols is 1. The van der Waals surface area contributed by atoms with E-state index in [1.54, 1.807) is 6.92 Å². The molecule has 19 heavy (non-hydrogen) atoms. The monoisotopic (exact) mass is 265 g/mol. The topological polar surface area (TPSA) is 68.1 Å². The molecule has 0 spiro atoms. The van der Waals surface area contributed by atoms with E-state index in [-0.39, 0.29) is 11.5 Å². The van der Waals surface area contributed by atoms with Crippen molar-refractivity contribution >= 4 is 11.7 Å². The second-order valence-electron chi connectivity index (χ2n) is 4.34. The van der Waals surface area contributed by atoms with Crippen molar-refractivity contribution < 1.29 is 19.5 Å². The average Bonchev–Trinajstić information content (AvgIpc) is 2.41. The summed E-state index contributed by atoms with van der Waals surface area (Å²) >= 11 is 0. The molecular weight excluding hydrogens is 246 g/mol. The van der Waals surface area contributed by atoms with Gasteiger partial charge in [0, 0.05) is 0 Å². The van der Waals surface area contributed by atoms with Crippen LogP contribution in [0.25, 0.3) is 0 Å². The number of esters is 1. The maximum Gasteiger partial charge on any atom is 0.360 e. The molecule has 1 aromatic carbocycles. The molecule has 0 radical (unpaired) electrons. The molecule has 0 unspecified atom stereocenters. The SMILES string of the molecule is CO/N=C(\C(=O)OC)c1c(C)c(C)c(C)c(C)c1O. The normalized spacial score (nSPS) is 11.4. The van der Waals surface area contributed by atoms with Gasteiger partial charge in [0.2, 0.25) is 0 Å². The van der Waals surface area contributed by atoms with E-state index in [1.165, 1.54) is 14.2 Å². The van der Waals surface area contributed by atoms with Crippen LogP contribution in [0.3, 0.4) is 0 Å². The highest BCUT2D eigenvalue weighted by atomic mass is 16.6. The van der Waals surface area contributed by atoms with Crippen LogP contribution in [0.2, 0.25) is 0 Å². The number of hydrogen-bond acceptors (Lipinski definition) is 5. The largest absolute Gasteiger partial charge is 0.507 e. The van der Waals surface area contributed by atoms with Gasteiger partial charge in [-0.05, 0) is 49.9 Å². The molecule has 0 saturated heterocycles. The van der Waals surface area contributed by atoms with Gasteiger partial charge in [-0.1, -0.05) is 5.16 Å². The summed E-state index contributed by atoms with van der Waals surface area (Å²) in [5.41, 5.74) is 3.80. The van der Waals surface area contributed by atoms with Gasteiger partial charge in [-0.25, -0.2) is 4.79 Å². The van der Waals surface area contributed by atoms with E-state index in [1.807, 2.05) is 20.8 Å². The molecule has 5 nitrogen and oxygen atoms in total. The Hall–Kier alpha value is -2.04. The Kier molecular flexibility index (Phi) is 4.53. The third kappa shape index (κ3) is 2.54. The molecule has 104 valence electrons. The number of aromatic hydroxyl groups is 1. The summed E-state index contributed by atoms with van der Waals surface area (Å²) in [5, 5.41) is 14.0. The van der Waals surface area contributed by atoms with Gasteiger partial charge in [0.25, 0.3) is 0 Å². The Morgan fingerprint density at radius 3 is 2.00 bits per heavy atom.